The summed E-state index contributed by atoms with van der Waals surface area (Å²) >= 11 is 0. The van der Waals surface area contributed by atoms with Crippen LogP contribution in [0.5, 0.6) is 0 Å². The number of hydrogen-bond donors (Lipinski definition) is 0. The molecule has 0 amide bonds. The van der Waals surface area contributed by atoms with Crippen LogP contribution in [0.4, 0.5) is 0 Å². The Morgan fingerprint density at radius 1 is 0.511 bits per heavy atom. The summed E-state index contributed by atoms with van der Waals surface area (Å²) in [5.41, 5.74) is 9.49. The monoisotopic (exact) mass is 590 g/mol. The second-order valence-electron chi connectivity index (χ2n) is 13.2. The minimum absolute atomic E-state index is 0.443. The van der Waals surface area contributed by atoms with E-state index in [0.717, 1.165) is 6.42 Å². The first kappa shape index (κ1) is 26.4. The van der Waals surface area contributed by atoms with E-state index in [-0.39, 0.29) is 0 Å². The highest BCUT2D eigenvalue weighted by atomic mass is 28.3. The zero-order valence-corrected chi connectivity index (χ0v) is 26.7. The van der Waals surface area contributed by atoms with Gasteiger partial charge in [-0.25, -0.2) is 0 Å². The molecule has 0 saturated carbocycles. The fourth-order valence-electron chi connectivity index (χ4n) is 8.14. The van der Waals surface area contributed by atoms with Gasteiger partial charge in [-0.05, 0) is 94.1 Å². The van der Waals surface area contributed by atoms with E-state index in [9.17, 15) is 0 Å². The van der Waals surface area contributed by atoms with Gasteiger partial charge in [-0.3, -0.25) is 0 Å². The van der Waals surface area contributed by atoms with Crippen LogP contribution in [0, 0.1) is 0 Å². The third-order valence-electron chi connectivity index (χ3n) is 10.4. The van der Waals surface area contributed by atoms with Crippen LogP contribution in [0.25, 0.3) is 65.7 Å². The molecule has 0 radical (unpaired) electrons. The van der Waals surface area contributed by atoms with Crippen molar-refractivity contribution in [1.82, 2.24) is 0 Å². The molecule has 0 fully saturated rings. The summed E-state index contributed by atoms with van der Waals surface area (Å²) in [6, 6.07) is 48.4. The van der Waals surface area contributed by atoms with Crippen LogP contribution in [0.2, 0.25) is 13.1 Å². The van der Waals surface area contributed by atoms with Gasteiger partial charge in [-0.15, -0.1) is 0 Å². The van der Waals surface area contributed by atoms with Gasteiger partial charge in [0.15, 0.2) is 0 Å². The predicted molar refractivity (Wildman–Crippen MR) is 198 cm³/mol. The number of rotatable bonds is 3. The van der Waals surface area contributed by atoms with Crippen molar-refractivity contribution in [3.05, 3.63) is 157 Å². The van der Waals surface area contributed by atoms with Crippen molar-refractivity contribution in [2.45, 2.75) is 25.4 Å². The van der Waals surface area contributed by atoms with Gasteiger partial charge in [0.05, 0.1) is 0 Å². The lowest BCUT2D eigenvalue weighted by molar-refractivity contribution is 0.854. The Labute approximate surface area is 266 Å². The molecule has 45 heavy (non-hydrogen) atoms. The van der Waals surface area contributed by atoms with E-state index in [0.29, 0.717) is 5.92 Å². The van der Waals surface area contributed by atoms with Crippen LogP contribution in [0.15, 0.2) is 152 Å². The molecular formula is C44H34Si. The third kappa shape index (κ3) is 3.97. The molecular weight excluding hydrogens is 557 g/mol. The van der Waals surface area contributed by atoms with Crippen LogP contribution < -0.4 is 10.4 Å². The average Bonchev–Trinajstić information content (AvgIpc) is 3.32. The van der Waals surface area contributed by atoms with E-state index >= 15 is 0 Å². The summed E-state index contributed by atoms with van der Waals surface area (Å²) in [6.07, 6.45) is 9.99. The number of fused-ring (bicyclic) bond motifs is 6. The standard InChI is InChI=1S/C44H34Si/c1-45(2)41-22-11-10-18-34(41)38-27-39-40(28-42(38)45)44(35-21-12-16-31-15-6-7-17-33(31)35)37-20-9-8-19-36(37)43(39)32-25-23-30(24-26-32)29-13-4-3-5-14-29/h3-13,15-29H,14H2,1-2H3. The Bertz CT molecular complexity index is 2360. The smallest absolute Gasteiger partial charge is 0.0836 e. The van der Waals surface area contributed by atoms with E-state index in [1.54, 1.807) is 10.4 Å². The molecule has 7 aromatic rings. The highest BCUT2D eigenvalue weighted by Crippen LogP contribution is 2.47. The van der Waals surface area contributed by atoms with E-state index < -0.39 is 8.07 Å². The minimum atomic E-state index is -1.88. The van der Waals surface area contributed by atoms with Crippen molar-refractivity contribution in [3.63, 3.8) is 0 Å². The first-order chi connectivity index (χ1) is 22.1. The molecule has 9 rings (SSSR count). The van der Waals surface area contributed by atoms with Crippen LogP contribution in [0.3, 0.4) is 0 Å². The van der Waals surface area contributed by atoms with Crippen LogP contribution in [-0.4, -0.2) is 8.07 Å². The lowest BCUT2D eigenvalue weighted by Crippen LogP contribution is -2.49. The zero-order chi connectivity index (χ0) is 30.1. The van der Waals surface area contributed by atoms with Gasteiger partial charge in [0.2, 0.25) is 0 Å². The second kappa shape index (κ2) is 10.0. The quantitative estimate of drug-likeness (QED) is 0.142. The van der Waals surface area contributed by atoms with Crippen molar-refractivity contribution in [3.8, 4) is 33.4 Å². The third-order valence-corrected chi connectivity index (χ3v) is 13.9. The fourth-order valence-corrected chi connectivity index (χ4v) is 11.2. The molecule has 0 N–H and O–H groups in total. The molecule has 0 aromatic heterocycles. The Hall–Kier alpha value is -4.98. The molecule has 0 spiro atoms. The van der Waals surface area contributed by atoms with Gasteiger partial charge in [-0.1, -0.05) is 159 Å². The molecule has 2 aliphatic rings. The Morgan fingerprint density at radius 2 is 1.18 bits per heavy atom. The molecule has 1 unspecified atom stereocenters. The van der Waals surface area contributed by atoms with Gasteiger partial charge in [0.1, 0.15) is 8.07 Å². The second-order valence-corrected chi connectivity index (χ2v) is 17.5. The van der Waals surface area contributed by atoms with E-state index in [1.807, 2.05) is 0 Å². The zero-order valence-electron chi connectivity index (χ0n) is 25.7. The maximum atomic E-state index is 2.59. The summed E-state index contributed by atoms with van der Waals surface area (Å²) in [6.45, 7) is 5.05. The predicted octanol–water partition coefficient (Wildman–Crippen LogP) is 10.9. The molecule has 7 aromatic carbocycles. The summed E-state index contributed by atoms with van der Waals surface area (Å²) in [7, 11) is -1.88. The van der Waals surface area contributed by atoms with Gasteiger partial charge in [0.25, 0.3) is 0 Å². The van der Waals surface area contributed by atoms with Crippen molar-refractivity contribution >= 4 is 50.8 Å². The summed E-state index contributed by atoms with van der Waals surface area (Å²) in [5.74, 6) is 0.443. The van der Waals surface area contributed by atoms with Crippen molar-refractivity contribution in [2.75, 3.05) is 0 Å². The first-order valence-corrected chi connectivity index (χ1v) is 19.1. The van der Waals surface area contributed by atoms with Crippen molar-refractivity contribution in [1.29, 1.82) is 0 Å². The van der Waals surface area contributed by atoms with Crippen LogP contribution >= 0.6 is 0 Å². The maximum Gasteiger partial charge on any atom is 0.113 e. The van der Waals surface area contributed by atoms with E-state index in [2.05, 4.69) is 165 Å². The molecule has 0 saturated heterocycles. The summed E-state index contributed by atoms with van der Waals surface area (Å²) in [5, 5.41) is 11.0. The van der Waals surface area contributed by atoms with Gasteiger partial charge >= 0.3 is 0 Å². The van der Waals surface area contributed by atoms with Crippen molar-refractivity contribution < 1.29 is 0 Å². The molecule has 1 aliphatic heterocycles. The normalized spacial score (nSPS) is 16.4. The largest absolute Gasteiger partial charge is 0.113 e. The molecule has 1 atom stereocenters. The fraction of sp³-hybridized carbons (Fsp3) is 0.0909. The highest BCUT2D eigenvalue weighted by Gasteiger charge is 2.38. The summed E-state index contributed by atoms with van der Waals surface area (Å²) < 4.78 is 0. The summed E-state index contributed by atoms with van der Waals surface area (Å²) in [4.78, 5) is 0. The van der Waals surface area contributed by atoms with E-state index in [1.165, 1.54) is 71.3 Å². The van der Waals surface area contributed by atoms with Crippen LogP contribution in [-0.2, 0) is 0 Å². The Balaban J connectivity index is 1.41. The molecule has 0 bridgehead atoms. The molecule has 0 nitrogen and oxygen atoms in total. The van der Waals surface area contributed by atoms with Gasteiger partial charge < -0.3 is 0 Å². The number of allylic oxidation sites excluding steroid dienone is 4. The number of benzene rings is 7. The van der Waals surface area contributed by atoms with Gasteiger partial charge in [0, 0.05) is 5.92 Å². The maximum absolute atomic E-state index is 2.59. The number of hydrogen-bond acceptors (Lipinski definition) is 0. The first-order valence-electron chi connectivity index (χ1n) is 16.1. The Morgan fingerprint density at radius 3 is 1.98 bits per heavy atom. The van der Waals surface area contributed by atoms with Crippen molar-refractivity contribution in [2.24, 2.45) is 0 Å². The lowest BCUT2D eigenvalue weighted by atomic mass is 9.83. The average molecular weight is 591 g/mol. The lowest BCUT2D eigenvalue weighted by Gasteiger charge is -2.23. The SMILES string of the molecule is C[Si]1(C)c2ccccc2-c2cc3c(-c4ccc(C5C=CC=CC5)cc4)c4ccccc4c(-c4cccc5ccccc45)c3cc21. The molecule has 1 aliphatic carbocycles. The van der Waals surface area contributed by atoms with Crippen LogP contribution in [0.1, 0.15) is 17.9 Å². The molecule has 214 valence electrons. The molecule has 1 heteroatoms. The highest BCUT2D eigenvalue weighted by molar-refractivity contribution is 7.04. The van der Waals surface area contributed by atoms with E-state index in [4.69, 9.17) is 0 Å². The molecule has 1 heterocycles. The minimum Gasteiger partial charge on any atom is -0.0836 e. The topological polar surface area (TPSA) is 0 Å². The van der Waals surface area contributed by atoms with Gasteiger partial charge in [-0.2, -0.15) is 0 Å². The Kier molecular flexibility index (Phi) is 5.88.